The molecule has 35 heavy (non-hydrogen) atoms. The molecule has 6 nitrogen and oxygen atoms in total. The Kier molecular flexibility index (Phi) is 5.70. The topological polar surface area (TPSA) is 87.6 Å². The van der Waals surface area contributed by atoms with Crippen molar-refractivity contribution < 1.29 is 13.2 Å². The highest BCUT2D eigenvalue weighted by molar-refractivity contribution is 7.92. The van der Waals surface area contributed by atoms with Gasteiger partial charge in [0.05, 0.1) is 16.3 Å². The number of hydrogen-bond donors (Lipinski definition) is 2. The lowest BCUT2D eigenvalue weighted by molar-refractivity contribution is 0.0954. The number of hydrazone groups is 1. The summed E-state index contributed by atoms with van der Waals surface area (Å²) in [6.07, 6.45) is 0. The van der Waals surface area contributed by atoms with Gasteiger partial charge in [-0.05, 0) is 54.8 Å². The predicted molar refractivity (Wildman–Crippen MR) is 138 cm³/mol. The average molecular weight is 482 g/mol. The summed E-state index contributed by atoms with van der Waals surface area (Å²) in [5, 5.41) is 4.41. The second kappa shape index (κ2) is 8.85. The fraction of sp³-hybridized carbons (Fsp3) is 0.0714. The molecule has 7 heteroatoms. The summed E-state index contributed by atoms with van der Waals surface area (Å²) in [5.74, 6) is -0.497. The quantitative estimate of drug-likeness (QED) is 0.335. The van der Waals surface area contributed by atoms with Crippen molar-refractivity contribution in [1.82, 2.24) is 5.43 Å². The summed E-state index contributed by atoms with van der Waals surface area (Å²) in [6.45, 7) is 3.78. The first-order valence-corrected chi connectivity index (χ1v) is 12.6. The fourth-order valence-electron chi connectivity index (χ4n) is 4.22. The van der Waals surface area contributed by atoms with E-state index in [0.717, 1.165) is 33.4 Å². The van der Waals surface area contributed by atoms with Crippen molar-refractivity contribution in [2.24, 2.45) is 5.10 Å². The Morgan fingerprint density at radius 2 is 1.37 bits per heavy atom. The molecular formula is C28H23N3O3S. The van der Waals surface area contributed by atoms with Crippen molar-refractivity contribution in [1.29, 1.82) is 0 Å². The van der Waals surface area contributed by atoms with E-state index in [1.165, 1.54) is 12.1 Å². The van der Waals surface area contributed by atoms with Crippen LogP contribution in [0.5, 0.6) is 0 Å². The van der Waals surface area contributed by atoms with Crippen LogP contribution in [0, 0.1) is 13.8 Å². The average Bonchev–Trinajstić information content (AvgIpc) is 3.18. The predicted octanol–water partition coefficient (Wildman–Crippen LogP) is 5.27. The van der Waals surface area contributed by atoms with E-state index in [4.69, 9.17) is 0 Å². The molecule has 2 N–H and O–H groups in total. The van der Waals surface area contributed by atoms with E-state index in [1.54, 1.807) is 18.2 Å². The molecule has 1 aliphatic carbocycles. The second-order valence-electron chi connectivity index (χ2n) is 8.44. The highest BCUT2D eigenvalue weighted by Crippen LogP contribution is 2.36. The molecule has 0 unspecified atom stereocenters. The molecular weight excluding hydrogens is 458 g/mol. The van der Waals surface area contributed by atoms with Gasteiger partial charge in [0.2, 0.25) is 0 Å². The zero-order valence-corrected chi connectivity index (χ0v) is 20.1. The van der Waals surface area contributed by atoms with Gasteiger partial charge in [0.1, 0.15) is 0 Å². The van der Waals surface area contributed by atoms with Crippen LogP contribution in [0.25, 0.3) is 11.1 Å². The zero-order chi connectivity index (χ0) is 24.6. The summed E-state index contributed by atoms with van der Waals surface area (Å²) < 4.78 is 28.6. The smallest absolute Gasteiger partial charge is 0.271 e. The maximum atomic E-state index is 13.0. The summed E-state index contributed by atoms with van der Waals surface area (Å²) in [5.41, 5.74) is 9.80. The van der Waals surface area contributed by atoms with Crippen molar-refractivity contribution in [2.45, 2.75) is 18.7 Å². The molecule has 0 fully saturated rings. The third-order valence-corrected chi connectivity index (χ3v) is 7.32. The van der Waals surface area contributed by atoms with Gasteiger partial charge in [-0.15, -0.1) is 0 Å². The Hall–Kier alpha value is -4.23. The number of aryl methyl sites for hydroxylation is 2. The molecule has 0 radical (unpaired) electrons. The molecule has 0 atom stereocenters. The molecule has 5 rings (SSSR count). The molecule has 0 saturated carbocycles. The summed E-state index contributed by atoms with van der Waals surface area (Å²) in [6, 6.07) is 27.1. The number of nitrogens with one attached hydrogen (secondary N) is 2. The number of sulfonamides is 1. The van der Waals surface area contributed by atoms with Gasteiger partial charge in [0.25, 0.3) is 15.9 Å². The van der Waals surface area contributed by atoms with Gasteiger partial charge in [-0.3, -0.25) is 9.52 Å². The molecule has 0 spiro atoms. The number of fused-ring (bicyclic) bond motifs is 3. The third-order valence-electron chi connectivity index (χ3n) is 5.96. The standard InChI is InChI=1S/C28H23N3O3S/c1-18-14-15-26(19(2)16-18)31-35(33,34)21-9-7-8-20(17-21)28(32)30-29-27-24-12-5-3-10-22(24)23-11-4-6-13-25(23)27/h3-17,31H,1-2H3,(H,30,32). The van der Waals surface area contributed by atoms with Crippen molar-refractivity contribution in [3.63, 3.8) is 0 Å². The lowest BCUT2D eigenvalue weighted by Crippen LogP contribution is -2.21. The minimum Gasteiger partial charge on any atom is -0.279 e. The SMILES string of the molecule is Cc1ccc(NS(=O)(=O)c2cccc(C(=O)NN=C3c4ccccc4-c4ccccc43)c2)c(C)c1. The van der Waals surface area contributed by atoms with Gasteiger partial charge in [-0.25, -0.2) is 13.8 Å². The zero-order valence-electron chi connectivity index (χ0n) is 19.2. The van der Waals surface area contributed by atoms with E-state index >= 15 is 0 Å². The molecule has 174 valence electrons. The molecule has 4 aromatic carbocycles. The van der Waals surface area contributed by atoms with Crippen LogP contribution in [0.4, 0.5) is 5.69 Å². The monoisotopic (exact) mass is 481 g/mol. The number of nitrogens with zero attached hydrogens (tertiary/aromatic N) is 1. The minimum atomic E-state index is -3.88. The molecule has 0 heterocycles. The van der Waals surface area contributed by atoms with E-state index < -0.39 is 15.9 Å². The Bertz CT molecular complexity index is 1560. The van der Waals surface area contributed by atoms with E-state index in [2.05, 4.69) is 15.2 Å². The lowest BCUT2D eigenvalue weighted by atomic mass is 10.1. The summed E-state index contributed by atoms with van der Waals surface area (Å²) in [4.78, 5) is 12.9. The van der Waals surface area contributed by atoms with Gasteiger partial charge in [-0.2, -0.15) is 5.10 Å². The highest BCUT2D eigenvalue weighted by Gasteiger charge is 2.24. The fourth-order valence-corrected chi connectivity index (χ4v) is 5.40. The van der Waals surface area contributed by atoms with Crippen molar-refractivity contribution in [3.8, 4) is 11.1 Å². The van der Waals surface area contributed by atoms with Gasteiger partial charge in [0.15, 0.2) is 0 Å². The number of carbonyl (C=O) groups is 1. The Labute approximate surface area is 204 Å². The largest absolute Gasteiger partial charge is 0.279 e. The minimum absolute atomic E-state index is 0.00524. The van der Waals surface area contributed by atoms with Crippen LogP contribution in [0.15, 0.2) is 101 Å². The van der Waals surface area contributed by atoms with Crippen molar-refractivity contribution >= 4 is 27.3 Å². The Morgan fingerprint density at radius 1 is 0.743 bits per heavy atom. The highest BCUT2D eigenvalue weighted by atomic mass is 32.2. The number of carbonyl (C=O) groups excluding carboxylic acids is 1. The van der Waals surface area contributed by atoms with Crippen LogP contribution >= 0.6 is 0 Å². The van der Waals surface area contributed by atoms with Crippen molar-refractivity contribution in [2.75, 3.05) is 4.72 Å². The number of hydrogen-bond acceptors (Lipinski definition) is 4. The lowest BCUT2D eigenvalue weighted by Gasteiger charge is -2.12. The van der Waals surface area contributed by atoms with Crippen LogP contribution in [-0.4, -0.2) is 20.0 Å². The van der Waals surface area contributed by atoms with E-state index in [1.807, 2.05) is 74.5 Å². The van der Waals surface area contributed by atoms with Crippen LogP contribution in [0.2, 0.25) is 0 Å². The number of benzene rings is 4. The molecule has 1 amide bonds. The van der Waals surface area contributed by atoms with Gasteiger partial charge >= 0.3 is 0 Å². The first-order valence-electron chi connectivity index (χ1n) is 11.1. The van der Waals surface area contributed by atoms with Gasteiger partial charge in [-0.1, -0.05) is 72.3 Å². The van der Waals surface area contributed by atoms with Crippen molar-refractivity contribution in [3.05, 3.63) is 119 Å². The van der Waals surface area contributed by atoms with Crippen LogP contribution in [0.1, 0.15) is 32.6 Å². The van der Waals surface area contributed by atoms with Crippen LogP contribution < -0.4 is 10.1 Å². The van der Waals surface area contributed by atoms with Crippen LogP contribution in [0.3, 0.4) is 0 Å². The molecule has 0 aliphatic heterocycles. The van der Waals surface area contributed by atoms with E-state index in [9.17, 15) is 13.2 Å². The second-order valence-corrected chi connectivity index (χ2v) is 10.1. The summed E-state index contributed by atoms with van der Waals surface area (Å²) >= 11 is 0. The molecule has 0 saturated heterocycles. The van der Waals surface area contributed by atoms with Gasteiger partial charge in [0, 0.05) is 16.7 Å². The normalized spacial score (nSPS) is 12.0. The first kappa shape index (κ1) is 22.6. The van der Waals surface area contributed by atoms with Crippen LogP contribution in [-0.2, 0) is 10.0 Å². The molecule has 0 aromatic heterocycles. The van der Waals surface area contributed by atoms with E-state index in [0.29, 0.717) is 11.4 Å². The number of amides is 1. The number of rotatable bonds is 5. The maximum absolute atomic E-state index is 13.0. The first-order chi connectivity index (χ1) is 16.8. The Balaban J connectivity index is 1.41. The molecule has 4 aromatic rings. The third kappa shape index (κ3) is 4.34. The molecule has 0 bridgehead atoms. The molecule has 1 aliphatic rings. The number of anilines is 1. The van der Waals surface area contributed by atoms with Gasteiger partial charge < -0.3 is 0 Å². The maximum Gasteiger partial charge on any atom is 0.271 e. The Morgan fingerprint density at radius 3 is 2.00 bits per heavy atom. The van der Waals surface area contributed by atoms with E-state index in [-0.39, 0.29) is 10.5 Å². The summed E-state index contributed by atoms with van der Waals surface area (Å²) in [7, 11) is -3.88.